The van der Waals surface area contributed by atoms with Crippen molar-refractivity contribution in [2.24, 2.45) is 0 Å². The molecule has 0 saturated carbocycles. The molecule has 35 heavy (non-hydrogen) atoms. The topological polar surface area (TPSA) is 67.2 Å². The first-order valence-electron chi connectivity index (χ1n) is 11.3. The highest BCUT2D eigenvalue weighted by Crippen LogP contribution is 2.36. The van der Waals surface area contributed by atoms with Gasteiger partial charge in [-0.25, -0.2) is 0 Å². The second kappa shape index (κ2) is 8.98. The van der Waals surface area contributed by atoms with Crippen molar-refractivity contribution in [3.8, 4) is 10.6 Å². The van der Waals surface area contributed by atoms with Gasteiger partial charge in [-0.1, -0.05) is 53.6 Å². The molecule has 1 atom stereocenters. The van der Waals surface area contributed by atoms with Crippen molar-refractivity contribution in [2.45, 2.75) is 39.4 Å². The molecular weight excluding hydrogens is 480 g/mol. The minimum absolute atomic E-state index is 0.213. The van der Waals surface area contributed by atoms with Gasteiger partial charge in [0.1, 0.15) is 16.9 Å². The molecule has 0 unspecified atom stereocenters. The lowest BCUT2D eigenvalue weighted by Crippen LogP contribution is -2.64. The molecule has 2 aromatic carbocycles. The van der Waals surface area contributed by atoms with E-state index in [0.29, 0.717) is 22.9 Å². The smallest absolute Gasteiger partial charge is 0.277 e. The third-order valence-corrected chi connectivity index (χ3v) is 7.66. The number of halogens is 1. The first-order valence-corrected chi connectivity index (χ1v) is 12.6. The molecule has 6 nitrogen and oxygen atoms in total. The summed E-state index contributed by atoms with van der Waals surface area (Å²) >= 11 is 7.98. The quantitative estimate of drug-likeness (QED) is 0.383. The summed E-state index contributed by atoms with van der Waals surface area (Å²) in [7, 11) is 0. The predicted molar refractivity (Wildman–Crippen MR) is 140 cm³/mol. The summed E-state index contributed by atoms with van der Waals surface area (Å²) in [5.74, 6) is -0.553. The van der Waals surface area contributed by atoms with Crippen LogP contribution in [0.2, 0.25) is 5.02 Å². The Hall–Kier alpha value is -3.42. The molecule has 3 heterocycles. The zero-order valence-corrected chi connectivity index (χ0v) is 21.3. The van der Waals surface area contributed by atoms with Gasteiger partial charge in [0.15, 0.2) is 0 Å². The molecule has 0 bridgehead atoms. The fourth-order valence-electron chi connectivity index (χ4n) is 4.45. The number of aryl methyl sites for hydroxylation is 2. The van der Waals surface area contributed by atoms with E-state index in [9.17, 15) is 9.59 Å². The van der Waals surface area contributed by atoms with Crippen LogP contribution in [0.1, 0.15) is 34.1 Å². The highest BCUT2D eigenvalue weighted by molar-refractivity contribution is 7.13. The summed E-state index contributed by atoms with van der Waals surface area (Å²) in [4.78, 5) is 30.1. The lowest BCUT2D eigenvalue weighted by Gasteiger charge is -2.43. The molecule has 1 N–H and O–H groups in total. The van der Waals surface area contributed by atoms with Crippen LogP contribution in [-0.4, -0.2) is 27.1 Å². The summed E-state index contributed by atoms with van der Waals surface area (Å²) < 4.78 is 1.65. The molecule has 0 radical (unpaired) electrons. The highest BCUT2D eigenvalue weighted by Gasteiger charge is 2.49. The lowest BCUT2D eigenvalue weighted by atomic mass is 9.93. The van der Waals surface area contributed by atoms with Crippen LogP contribution in [0.5, 0.6) is 0 Å². The van der Waals surface area contributed by atoms with Gasteiger partial charge >= 0.3 is 0 Å². The van der Waals surface area contributed by atoms with Crippen LogP contribution in [-0.2, 0) is 17.9 Å². The number of aromatic nitrogens is 2. The Morgan fingerprint density at radius 1 is 1.14 bits per heavy atom. The normalized spacial score (nSPS) is 17.4. The maximum absolute atomic E-state index is 13.9. The Balaban J connectivity index is 1.55. The van der Waals surface area contributed by atoms with E-state index < -0.39 is 5.54 Å². The summed E-state index contributed by atoms with van der Waals surface area (Å²) in [5.41, 5.74) is 3.52. The number of fused-ring (bicyclic) bond motifs is 1. The van der Waals surface area contributed by atoms with Gasteiger partial charge in [0.2, 0.25) is 5.91 Å². The summed E-state index contributed by atoms with van der Waals surface area (Å²) in [6.45, 7) is 6.27. The molecular formula is C27H25ClN4O2S. The first-order chi connectivity index (χ1) is 16.8. The number of thiophene rings is 1. The van der Waals surface area contributed by atoms with Gasteiger partial charge in [0.25, 0.3) is 5.91 Å². The number of amides is 2. The number of hydrogen-bond donors (Lipinski definition) is 1. The van der Waals surface area contributed by atoms with E-state index >= 15 is 0 Å². The van der Waals surface area contributed by atoms with E-state index in [1.807, 2.05) is 67.8 Å². The number of hydrogen-bond acceptors (Lipinski definition) is 4. The van der Waals surface area contributed by atoms with Crippen molar-refractivity contribution >= 4 is 40.4 Å². The number of anilines is 1. The monoisotopic (exact) mass is 504 g/mol. The van der Waals surface area contributed by atoms with Crippen molar-refractivity contribution in [1.29, 1.82) is 0 Å². The standard InChI is InChI=1S/C27H25ClN4O2S/c1-17-6-4-7-19(12-17)15-29-26(34)27(3)16-31-23(14-22(30-31)24-8-5-11-35-24)25(33)32(27)20-10-9-18(2)21(28)13-20/h4-14H,15-16H2,1-3H3,(H,29,34)/t27-/m1/s1. The number of rotatable bonds is 5. The van der Waals surface area contributed by atoms with Crippen LogP contribution in [0.4, 0.5) is 5.69 Å². The number of benzene rings is 2. The molecule has 1 aliphatic heterocycles. The van der Waals surface area contributed by atoms with Crippen molar-refractivity contribution in [1.82, 2.24) is 15.1 Å². The average molecular weight is 505 g/mol. The fraction of sp³-hybridized carbons (Fsp3) is 0.222. The molecule has 1 aliphatic rings. The van der Waals surface area contributed by atoms with E-state index in [1.54, 1.807) is 40.0 Å². The van der Waals surface area contributed by atoms with Crippen LogP contribution in [0.3, 0.4) is 0 Å². The van der Waals surface area contributed by atoms with Crippen molar-refractivity contribution < 1.29 is 9.59 Å². The van der Waals surface area contributed by atoms with E-state index in [-0.39, 0.29) is 18.4 Å². The molecule has 5 rings (SSSR count). The maximum atomic E-state index is 13.9. The SMILES string of the molecule is Cc1cccc(CNC(=O)[C@@]2(C)Cn3nc(-c4cccs4)cc3C(=O)N2c2ccc(C)c(Cl)c2)c1. The predicted octanol–water partition coefficient (Wildman–Crippen LogP) is 5.62. The third kappa shape index (κ3) is 4.26. The second-order valence-corrected chi connectivity index (χ2v) is 10.4. The lowest BCUT2D eigenvalue weighted by molar-refractivity contribution is -0.126. The van der Waals surface area contributed by atoms with Gasteiger partial charge in [-0.2, -0.15) is 5.10 Å². The Bertz CT molecular complexity index is 1430. The number of nitrogens with zero attached hydrogens (tertiary/aromatic N) is 3. The number of nitrogens with one attached hydrogen (secondary N) is 1. The zero-order chi connectivity index (χ0) is 24.7. The Labute approximate surface area is 213 Å². The van der Waals surface area contributed by atoms with E-state index in [2.05, 4.69) is 10.4 Å². The first kappa shape index (κ1) is 23.3. The van der Waals surface area contributed by atoms with Crippen molar-refractivity contribution in [3.63, 3.8) is 0 Å². The molecule has 0 spiro atoms. The Kier molecular flexibility index (Phi) is 5.99. The van der Waals surface area contributed by atoms with Gasteiger partial charge < -0.3 is 5.32 Å². The number of carbonyl (C=O) groups is 2. The van der Waals surface area contributed by atoms with E-state index in [1.165, 1.54) is 0 Å². The van der Waals surface area contributed by atoms with Crippen LogP contribution in [0.15, 0.2) is 66.0 Å². The van der Waals surface area contributed by atoms with E-state index in [4.69, 9.17) is 11.6 Å². The highest BCUT2D eigenvalue weighted by atomic mass is 35.5. The molecule has 2 aromatic heterocycles. The van der Waals surface area contributed by atoms with Crippen LogP contribution in [0.25, 0.3) is 10.6 Å². The van der Waals surface area contributed by atoms with Crippen molar-refractivity contribution in [2.75, 3.05) is 4.90 Å². The largest absolute Gasteiger partial charge is 0.350 e. The molecule has 0 saturated heterocycles. The van der Waals surface area contributed by atoms with Gasteiger partial charge in [-0.15, -0.1) is 11.3 Å². The molecule has 0 fully saturated rings. The second-order valence-electron chi connectivity index (χ2n) is 9.07. The fourth-order valence-corrected chi connectivity index (χ4v) is 5.30. The Morgan fingerprint density at radius 3 is 2.69 bits per heavy atom. The maximum Gasteiger partial charge on any atom is 0.277 e. The Morgan fingerprint density at radius 2 is 1.97 bits per heavy atom. The van der Waals surface area contributed by atoms with Crippen LogP contribution in [0, 0.1) is 13.8 Å². The van der Waals surface area contributed by atoms with Gasteiger partial charge in [-0.3, -0.25) is 19.2 Å². The molecule has 0 aliphatic carbocycles. The molecule has 8 heteroatoms. The third-order valence-electron chi connectivity index (χ3n) is 6.37. The summed E-state index contributed by atoms with van der Waals surface area (Å²) in [6, 6.07) is 19.1. The number of carbonyl (C=O) groups excluding carboxylic acids is 2. The molecule has 178 valence electrons. The molecule has 2 amide bonds. The van der Waals surface area contributed by atoms with Gasteiger partial charge in [-0.05, 0) is 61.5 Å². The zero-order valence-electron chi connectivity index (χ0n) is 19.7. The van der Waals surface area contributed by atoms with Crippen LogP contribution >= 0.6 is 22.9 Å². The minimum atomic E-state index is -1.22. The van der Waals surface area contributed by atoms with Gasteiger partial charge in [0.05, 0.1) is 11.4 Å². The van der Waals surface area contributed by atoms with Crippen molar-refractivity contribution in [3.05, 3.63) is 93.5 Å². The minimum Gasteiger partial charge on any atom is -0.350 e. The summed E-state index contributed by atoms with van der Waals surface area (Å²) in [5, 5.41) is 10.2. The van der Waals surface area contributed by atoms with E-state index in [0.717, 1.165) is 27.3 Å². The summed E-state index contributed by atoms with van der Waals surface area (Å²) in [6.07, 6.45) is 0. The average Bonchev–Trinajstić information content (AvgIpc) is 3.50. The van der Waals surface area contributed by atoms with Crippen LogP contribution < -0.4 is 10.2 Å². The van der Waals surface area contributed by atoms with Gasteiger partial charge in [0, 0.05) is 17.3 Å². The molecule has 4 aromatic rings.